The van der Waals surface area contributed by atoms with Gasteiger partial charge in [0.1, 0.15) is 0 Å². The Hall–Kier alpha value is -2.67. The Morgan fingerprint density at radius 3 is 2.65 bits per heavy atom. The number of para-hydroxylation sites is 1. The molecule has 7 heteroatoms. The normalized spacial score (nSPS) is 10.8. The van der Waals surface area contributed by atoms with Crippen molar-refractivity contribution < 1.29 is 18.4 Å². The van der Waals surface area contributed by atoms with Crippen molar-refractivity contribution in [1.29, 1.82) is 0 Å². The van der Waals surface area contributed by atoms with E-state index in [-0.39, 0.29) is 23.8 Å². The lowest BCUT2D eigenvalue weighted by Crippen LogP contribution is -2.33. The summed E-state index contributed by atoms with van der Waals surface area (Å²) in [6.07, 6.45) is 0. The van der Waals surface area contributed by atoms with Gasteiger partial charge in [0.2, 0.25) is 5.91 Å². The van der Waals surface area contributed by atoms with E-state index in [0.29, 0.717) is 16.6 Å². The molecule has 0 radical (unpaired) electrons. The predicted molar refractivity (Wildman–Crippen MR) is 101 cm³/mol. The highest BCUT2D eigenvalue weighted by Crippen LogP contribution is 2.27. The Morgan fingerprint density at radius 1 is 1.19 bits per heavy atom. The summed E-state index contributed by atoms with van der Waals surface area (Å²) in [5.41, 5.74) is 2.11. The SMILES string of the molecule is Cc1cc(Br)ccc1NC(=O)CNC(=O)c1oc2c(F)cccc2c1C. The van der Waals surface area contributed by atoms with Crippen LogP contribution in [0.3, 0.4) is 0 Å². The number of aryl methyl sites for hydroxylation is 2. The number of benzene rings is 2. The number of amides is 2. The first kappa shape index (κ1) is 18.1. The van der Waals surface area contributed by atoms with Crippen LogP contribution >= 0.6 is 15.9 Å². The molecule has 2 amide bonds. The molecule has 0 aliphatic heterocycles. The Bertz CT molecular complexity index is 1010. The summed E-state index contributed by atoms with van der Waals surface area (Å²) >= 11 is 3.36. The molecule has 0 aliphatic rings. The minimum absolute atomic E-state index is 0.00211. The fourth-order valence-corrected chi connectivity index (χ4v) is 3.10. The minimum Gasteiger partial charge on any atom is -0.448 e. The van der Waals surface area contributed by atoms with E-state index in [4.69, 9.17) is 4.42 Å². The Labute approximate surface area is 157 Å². The second kappa shape index (κ2) is 7.29. The van der Waals surface area contributed by atoms with Gasteiger partial charge in [0.25, 0.3) is 5.91 Å². The van der Waals surface area contributed by atoms with Crippen LogP contribution in [0.1, 0.15) is 21.7 Å². The van der Waals surface area contributed by atoms with E-state index in [0.717, 1.165) is 10.0 Å². The Morgan fingerprint density at radius 2 is 1.96 bits per heavy atom. The third kappa shape index (κ3) is 3.62. The zero-order valence-electron chi connectivity index (χ0n) is 14.2. The molecule has 0 spiro atoms. The van der Waals surface area contributed by atoms with Crippen molar-refractivity contribution in [2.24, 2.45) is 0 Å². The molecule has 0 unspecified atom stereocenters. The van der Waals surface area contributed by atoms with Crippen LogP contribution in [0.25, 0.3) is 11.0 Å². The van der Waals surface area contributed by atoms with Crippen LogP contribution in [0.5, 0.6) is 0 Å². The van der Waals surface area contributed by atoms with Crippen molar-refractivity contribution in [3.8, 4) is 0 Å². The third-order valence-electron chi connectivity index (χ3n) is 3.99. The van der Waals surface area contributed by atoms with Gasteiger partial charge in [-0.25, -0.2) is 4.39 Å². The highest BCUT2D eigenvalue weighted by atomic mass is 79.9. The summed E-state index contributed by atoms with van der Waals surface area (Å²) in [7, 11) is 0. The second-order valence-corrected chi connectivity index (χ2v) is 6.78. The maximum absolute atomic E-state index is 13.8. The van der Waals surface area contributed by atoms with Crippen LogP contribution in [0.2, 0.25) is 0 Å². The molecule has 0 fully saturated rings. The molecule has 1 heterocycles. The lowest BCUT2D eigenvalue weighted by atomic mass is 10.1. The molecule has 2 aromatic carbocycles. The molecule has 2 N–H and O–H groups in total. The highest BCUT2D eigenvalue weighted by molar-refractivity contribution is 9.10. The zero-order chi connectivity index (χ0) is 18.8. The van der Waals surface area contributed by atoms with E-state index in [9.17, 15) is 14.0 Å². The summed E-state index contributed by atoms with van der Waals surface area (Å²) in [5.74, 6) is -1.48. The number of halogens is 2. The van der Waals surface area contributed by atoms with E-state index in [1.807, 2.05) is 19.1 Å². The molecule has 3 aromatic rings. The van der Waals surface area contributed by atoms with Gasteiger partial charge in [-0.1, -0.05) is 28.1 Å². The molecular weight excluding hydrogens is 403 g/mol. The van der Waals surface area contributed by atoms with Crippen molar-refractivity contribution in [1.82, 2.24) is 5.32 Å². The number of carbonyl (C=O) groups excluding carboxylic acids is 2. The van der Waals surface area contributed by atoms with Gasteiger partial charge in [-0.3, -0.25) is 9.59 Å². The summed E-state index contributed by atoms with van der Waals surface area (Å²) in [5, 5.41) is 5.76. The molecule has 0 aliphatic carbocycles. The number of anilines is 1. The van der Waals surface area contributed by atoms with Crippen LogP contribution in [-0.4, -0.2) is 18.4 Å². The van der Waals surface area contributed by atoms with Gasteiger partial charge in [0.15, 0.2) is 17.2 Å². The Balaban J connectivity index is 1.68. The fourth-order valence-electron chi connectivity index (χ4n) is 2.63. The lowest BCUT2D eigenvalue weighted by molar-refractivity contribution is -0.115. The third-order valence-corrected chi connectivity index (χ3v) is 4.49. The van der Waals surface area contributed by atoms with Gasteiger partial charge in [-0.2, -0.15) is 0 Å². The zero-order valence-corrected chi connectivity index (χ0v) is 15.7. The van der Waals surface area contributed by atoms with Crippen LogP contribution < -0.4 is 10.6 Å². The Kier molecular flexibility index (Phi) is 5.08. The quantitative estimate of drug-likeness (QED) is 0.662. The van der Waals surface area contributed by atoms with Crippen molar-refractivity contribution >= 4 is 44.4 Å². The topological polar surface area (TPSA) is 71.3 Å². The number of carbonyl (C=O) groups is 2. The molecular formula is C19H16BrFN2O3. The summed E-state index contributed by atoms with van der Waals surface area (Å²) in [6.45, 7) is 3.31. The minimum atomic E-state index is -0.569. The maximum Gasteiger partial charge on any atom is 0.287 e. The number of hydrogen-bond acceptors (Lipinski definition) is 3. The van der Waals surface area contributed by atoms with Crippen molar-refractivity contribution in [2.45, 2.75) is 13.8 Å². The van der Waals surface area contributed by atoms with E-state index < -0.39 is 11.7 Å². The number of rotatable bonds is 4. The largest absolute Gasteiger partial charge is 0.448 e. The van der Waals surface area contributed by atoms with Crippen LogP contribution in [0.15, 0.2) is 45.3 Å². The standard InChI is InChI=1S/C19H16BrFN2O3/c1-10-8-12(20)6-7-15(10)23-16(24)9-22-19(25)17-11(2)13-4-3-5-14(21)18(13)26-17/h3-8H,9H2,1-2H3,(H,22,25)(H,23,24). The van der Waals surface area contributed by atoms with Crippen LogP contribution in [0.4, 0.5) is 10.1 Å². The molecule has 5 nitrogen and oxygen atoms in total. The van der Waals surface area contributed by atoms with Gasteiger partial charge in [-0.05, 0) is 43.7 Å². The van der Waals surface area contributed by atoms with Crippen LogP contribution in [0, 0.1) is 19.7 Å². The molecule has 1 aromatic heterocycles. The lowest BCUT2D eigenvalue weighted by Gasteiger charge is -2.09. The first-order chi connectivity index (χ1) is 12.4. The number of hydrogen-bond donors (Lipinski definition) is 2. The van der Waals surface area contributed by atoms with Gasteiger partial charge in [0.05, 0.1) is 6.54 Å². The summed E-state index contributed by atoms with van der Waals surface area (Å²) in [4.78, 5) is 24.4. The van der Waals surface area contributed by atoms with Crippen molar-refractivity contribution in [3.63, 3.8) is 0 Å². The first-order valence-corrected chi connectivity index (χ1v) is 8.68. The van der Waals surface area contributed by atoms with Gasteiger partial charge in [0, 0.05) is 21.1 Å². The number of nitrogens with one attached hydrogen (secondary N) is 2. The fraction of sp³-hybridized carbons (Fsp3) is 0.158. The van der Waals surface area contributed by atoms with Crippen LogP contribution in [-0.2, 0) is 4.79 Å². The smallest absolute Gasteiger partial charge is 0.287 e. The van der Waals surface area contributed by atoms with E-state index in [1.165, 1.54) is 6.07 Å². The summed E-state index contributed by atoms with van der Waals surface area (Å²) < 4.78 is 20.0. The van der Waals surface area contributed by atoms with E-state index in [2.05, 4.69) is 26.6 Å². The van der Waals surface area contributed by atoms with Gasteiger partial charge >= 0.3 is 0 Å². The molecule has 26 heavy (non-hydrogen) atoms. The monoisotopic (exact) mass is 418 g/mol. The van der Waals surface area contributed by atoms with Crippen molar-refractivity contribution in [2.75, 3.05) is 11.9 Å². The van der Waals surface area contributed by atoms with Gasteiger partial charge in [-0.15, -0.1) is 0 Å². The molecule has 3 rings (SSSR count). The summed E-state index contributed by atoms with van der Waals surface area (Å²) in [6, 6.07) is 9.95. The average molecular weight is 419 g/mol. The number of furan rings is 1. The second-order valence-electron chi connectivity index (χ2n) is 5.86. The maximum atomic E-state index is 13.8. The highest BCUT2D eigenvalue weighted by Gasteiger charge is 2.20. The first-order valence-electron chi connectivity index (χ1n) is 7.88. The molecule has 0 atom stereocenters. The molecule has 0 saturated heterocycles. The number of fused-ring (bicyclic) bond motifs is 1. The van der Waals surface area contributed by atoms with E-state index in [1.54, 1.807) is 25.1 Å². The predicted octanol–water partition coefficient (Wildman–Crippen LogP) is 4.32. The molecule has 0 bridgehead atoms. The molecule has 0 saturated carbocycles. The van der Waals surface area contributed by atoms with E-state index >= 15 is 0 Å². The van der Waals surface area contributed by atoms with Crippen molar-refractivity contribution in [3.05, 3.63) is 63.6 Å². The van der Waals surface area contributed by atoms with Gasteiger partial charge < -0.3 is 15.1 Å². The average Bonchev–Trinajstić information content (AvgIpc) is 2.94. The molecule has 134 valence electrons.